The minimum Gasteiger partial charge on any atom is -0.507 e. The second kappa shape index (κ2) is 5.48. The highest BCUT2D eigenvalue weighted by molar-refractivity contribution is 6.27. The lowest BCUT2D eigenvalue weighted by Crippen LogP contribution is -2.26. The molecule has 0 radical (unpaired) electrons. The van der Waals surface area contributed by atoms with E-state index in [1.165, 1.54) is 12.1 Å². The van der Waals surface area contributed by atoms with Crippen molar-refractivity contribution >= 4 is 23.1 Å². The molecule has 2 N–H and O–H groups in total. The maximum atomic E-state index is 12.7. The zero-order valence-corrected chi connectivity index (χ0v) is 15.4. The number of epoxide rings is 1. The Morgan fingerprint density at radius 3 is 2.00 bits per heavy atom. The molecule has 2 aromatic carbocycles. The second-order valence-corrected chi connectivity index (χ2v) is 7.44. The standard InChI is InChI=1S/C22H14O7/c1-7-5-9-15(20(28)22-21(29-22)18(9)26)19(27)14(7)13-8(2)6-12(25)16-10(23)3-4-11(24)17(13)16/h3-6,21-22,25,27H,1-2H3. The van der Waals surface area contributed by atoms with Crippen LogP contribution in [0.5, 0.6) is 11.5 Å². The molecule has 0 aromatic heterocycles. The second-order valence-electron chi connectivity index (χ2n) is 7.44. The molecule has 29 heavy (non-hydrogen) atoms. The number of ketones is 4. The van der Waals surface area contributed by atoms with Crippen molar-refractivity contribution in [1.29, 1.82) is 0 Å². The number of carbonyl (C=O) groups is 4. The number of ether oxygens (including phenoxy) is 1. The lowest BCUT2D eigenvalue weighted by molar-refractivity contribution is 0.0919. The fourth-order valence-electron chi connectivity index (χ4n) is 4.30. The number of aromatic hydroxyl groups is 2. The van der Waals surface area contributed by atoms with Crippen molar-refractivity contribution in [2.45, 2.75) is 26.1 Å². The van der Waals surface area contributed by atoms with Gasteiger partial charge in [-0.2, -0.15) is 0 Å². The Bertz CT molecular complexity index is 1250. The monoisotopic (exact) mass is 390 g/mol. The van der Waals surface area contributed by atoms with E-state index in [-0.39, 0.29) is 44.9 Å². The smallest absolute Gasteiger partial charge is 0.199 e. The van der Waals surface area contributed by atoms with Crippen molar-refractivity contribution in [3.05, 3.63) is 57.7 Å². The van der Waals surface area contributed by atoms with Gasteiger partial charge in [0.25, 0.3) is 0 Å². The number of hydrogen-bond acceptors (Lipinski definition) is 7. The predicted molar refractivity (Wildman–Crippen MR) is 99.8 cm³/mol. The maximum absolute atomic E-state index is 12.7. The minimum atomic E-state index is -0.891. The summed E-state index contributed by atoms with van der Waals surface area (Å²) in [5.41, 5.74) is 1.07. The summed E-state index contributed by atoms with van der Waals surface area (Å²) in [6.07, 6.45) is 0.495. The number of allylic oxidation sites excluding steroid dienone is 2. The van der Waals surface area contributed by atoms with Crippen LogP contribution >= 0.6 is 0 Å². The van der Waals surface area contributed by atoms with Gasteiger partial charge in [-0.3, -0.25) is 19.2 Å². The maximum Gasteiger partial charge on any atom is 0.199 e. The molecular formula is C22H14O7. The molecule has 2 aliphatic carbocycles. The number of aryl methyl sites for hydroxylation is 2. The average molecular weight is 390 g/mol. The fourth-order valence-corrected chi connectivity index (χ4v) is 4.30. The first-order chi connectivity index (χ1) is 13.7. The van der Waals surface area contributed by atoms with Gasteiger partial charge in [-0.1, -0.05) is 0 Å². The van der Waals surface area contributed by atoms with Crippen LogP contribution in [-0.2, 0) is 4.74 Å². The van der Waals surface area contributed by atoms with Crippen LogP contribution in [0.1, 0.15) is 52.6 Å². The third-order valence-corrected chi connectivity index (χ3v) is 5.65. The van der Waals surface area contributed by atoms with Gasteiger partial charge in [0, 0.05) is 22.3 Å². The normalized spacial score (nSPS) is 21.7. The largest absolute Gasteiger partial charge is 0.507 e. The van der Waals surface area contributed by atoms with Gasteiger partial charge in [0.15, 0.2) is 35.3 Å². The quantitative estimate of drug-likeness (QED) is 0.718. The number of hydrogen-bond donors (Lipinski definition) is 2. The van der Waals surface area contributed by atoms with Crippen LogP contribution in [-0.4, -0.2) is 45.6 Å². The average Bonchev–Trinajstić information content (AvgIpc) is 3.45. The summed E-state index contributed by atoms with van der Waals surface area (Å²) >= 11 is 0. The van der Waals surface area contributed by atoms with Gasteiger partial charge in [-0.15, -0.1) is 0 Å². The van der Waals surface area contributed by atoms with E-state index in [4.69, 9.17) is 4.74 Å². The molecule has 5 rings (SSSR count). The van der Waals surface area contributed by atoms with Crippen molar-refractivity contribution in [2.24, 2.45) is 0 Å². The van der Waals surface area contributed by atoms with Crippen molar-refractivity contribution in [3.8, 4) is 22.6 Å². The minimum absolute atomic E-state index is 0.0384. The fraction of sp³-hybridized carbons (Fsp3) is 0.182. The number of phenolic OH excluding ortho intramolecular Hbond substituents is 2. The Hall–Kier alpha value is -3.58. The number of Topliss-reactive ketones (excluding diaryl/α,β-unsaturated/α-hetero) is 2. The summed E-state index contributed by atoms with van der Waals surface area (Å²) in [4.78, 5) is 50.1. The van der Waals surface area contributed by atoms with Crippen LogP contribution in [0.3, 0.4) is 0 Å². The molecule has 1 fully saturated rings. The number of carbonyl (C=O) groups excluding carboxylic acids is 4. The highest BCUT2D eigenvalue weighted by Crippen LogP contribution is 2.48. The highest BCUT2D eigenvalue weighted by Gasteiger charge is 2.56. The molecule has 1 heterocycles. The highest BCUT2D eigenvalue weighted by atomic mass is 16.6. The predicted octanol–water partition coefficient (Wildman–Crippen LogP) is 2.46. The third kappa shape index (κ3) is 2.16. The van der Waals surface area contributed by atoms with Crippen molar-refractivity contribution in [3.63, 3.8) is 0 Å². The van der Waals surface area contributed by atoms with Gasteiger partial charge >= 0.3 is 0 Å². The van der Waals surface area contributed by atoms with Gasteiger partial charge in [-0.25, -0.2) is 0 Å². The van der Waals surface area contributed by atoms with Gasteiger partial charge in [-0.05, 0) is 49.3 Å². The summed E-state index contributed by atoms with van der Waals surface area (Å²) in [5.74, 6) is -2.66. The summed E-state index contributed by atoms with van der Waals surface area (Å²) in [6, 6.07) is 2.83. The molecule has 0 bridgehead atoms. The van der Waals surface area contributed by atoms with Gasteiger partial charge in [0.1, 0.15) is 11.5 Å². The molecule has 2 atom stereocenters. The summed E-state index contributed by atoms with van der Waals surface area (Å²) < 4.78 is 5.14. The molecule has 3 aliphatic rings. The lowest BCUT2D eigenvalue weighted by Gasteiger charge is -2.23. The molecule has 2 unspecified atom stereocenters. The Balaban J connectivity index is 1.87. The summed E-state index contributed by atoms with van der Waals surface area (Å²) in [6.45, 7) is 3.26. The molecule has 0 spiro atoms. The Morgan fingerprint density at radius 1 is 0.724 bits per heavy atom. The van der Waals surface area contributed by atoms with E-state index in [1.54, 1.807) is 13.8 Å². The van der Waals surface area contributed by atoms with Crippen LogP contribution in [0.25, 0.3) is 11.1 Å². The first-order valence-corrected chi connectivity index (χ1v) is 8.96. The van der Waals surface area contributed by atoms with E-state index in [0.717, 1.165) is 12.2 Å². The lowest BCUT2D eigenvalue weighted by atomic mass is 9.79. The molecule has 1 saturated heterocycles. The summed E-state index contributed by atoms with van der Waals surface area (Å²) in [7, 11) is 0. The van der Waals surface area contributed by atoms with E-state index >= 15 is 0 Å². The van der Waals surface area contributed by atoms with E-state index < -0.39 is 35.3 Å². The molecular weight excluding hydrogens is 376 g/mol. The van der Waals surface area contributed by atoms with Gasteiger partial charge in [0.05, 0.1) is 11.1 Å². The zero-order chi connectivity index (χ0) is 20.8. The zero-order valence-electron chi connectivity index (χ0n) is 15.4. The van der Waals surface area contributed by atoms with Crippen molar-refractivity contribution < 1.29 is 34.1 Å². The Kier molecular flexibility index (Phi) is 3.31. The first-order valence-electron chi connectivity index (χ1n) is 8.96. The van der Waals surface area contributed by atoms with Crippen LogP contribution in [0.2, 0.25) is 0 Å². The number of benzene rings is 2. The SMILES string of the molecule is Cc1cc2c(c(O)c1-c1c(C)cc(O)c3c1C(=O)C=CC3=O)C(=O)C1OC1C2=O. The molecule has 0 saturated carbocycles. The first kappa shape index (κ1) is 17.5. The molecule has 1 aliphatic heterocycles. The van der Waals surface area contributed by atoms with Gasteiger partial charge < -0.3 is 14.9 Å². The number of fused-ring (bicyclic) bond motifs is 3. The molecule has 2 aromatic rings. The van der Waals surface area contributed by atoms with Crippen LogP contribution < -0.4 is 0 Å². The van der Waals surface area contributed by atoms with E-state index in [0.29, 0.717) is 11.1 Å². The summed E-state index contributed by atoms with van der Waals surface area (Å²) in [5, 5.41) is 21.3. The van der Waals surface area contributed by atoms with Crippen molar-refractivity contribution in [1.82, 2.24) is 0 Å². The van der Waals surface area contributed by atoms with E-state index in [9.17, 15) is 29.4 Å². The third-order valence-electron chi connectivity index (χ3n) is 5.65. The van der Waals surface area contributed by atoms with Crippen LogP contribution in [0.15, 0.2) is 24.3 Å². The molecule has 7 nitrogen and oxygen atoms in total. The topological polar surface area (TPSA) is 121 Å². The number of rotatable bonds is 1. The number of phenols is 2. The van der Waals surface area contributed by atoms with Gasteiger partial charge in [0.2, 0.25) is 0 Å². The Labute approximate surface area is 164 Å². The van der Waals surface area contributed by atoms with E-state index in [2.05, 4.69) is 0 Å². The van der Waals surface area contributed by atoms with E-state index in [1.807, 2.05) is 0 Å². The van der Waals surface area contributed by atoms with Crippen molar-refractivity contribution in [2.75, 3.05) is 0 Å². The van der Waals surface area contributed by atoms with Crippen LogP contribution in [0.4, 0.5) is 0 Å². The molecule has 0 amide bonds. The molecule has 144 valence electrons. The Morgan fingerprint density at radius 2 is 1.31 bits per heavy atom. The molecule has 7 heteroatoms. The van der Waals surface area contributed by atoms with Crippen LogP contribution in [0, 0.1) is 13.8 Å².